The van der Waals surface area contributed by atoms with Gasteiger partial charge < -0.3 is 4.90 Å². The van der Waals surface area contributed by atoms with Gasteiger partial charge in [-0.2, -0.15) is 0 Å². The second kappa shape index (κ2) is 14.1. The Labute approximate surface area is 382 Å². The molecule has 0 N–H and O–H groups in total. The van der Waals surface area contributed by atoms with Crippen LogP contribution in [0.15, 0.2) is 224 Å². The second-order valence-electron chi connectivity index (χ2n) is 19.5. The van der Waals surface area contributed by atoms with Gasteiger partial charge in [-0.3, -0.25) is 0 Å². The molecule has 1 spiro atoms. The predicted molar refractivity (Wildman–Crippen MR) is 268 cm³/mol. The van der Waals surface area contributed by atoms with E-state index in [-0.39, 0.29) is 5.41 Å². The highest BCUT2D eigenvalue weighted by atomic mass is 15.2. The van der Waals surface area contributed by atoms with Crippen molar-refractivity contribution >= 4 is 17.1 Å². The maximum Gasteiger partial charge on any atom is 0.0734 e. The molecule has 0 saturated heterocycles. The Morgan fingerprint density at radius 3 is 1.63 bits per heavy atom. The Morgan fingerprint density at radius 1 is 0.385 bits per heavy atom. The zero-order valence-electron chi connectivity index (χ0n) is 36.4. The molecule has 0 aromatic heterocycles. The largest absolute Gasteiger partial charge is 0.309 e. The fourth-order valence-corrected chi connectivity index (χ4v) is 14.7. The first kappa shape index (κ1) is 37.2. The monoisotopic (exact) mass is 831 g/mol. The highest BCUT2D eigenvalue weighted by molar-refractivity contribution is 6.01. The fraction of sp³-hybridized carbons (Fsp3) is 0.156. The Hall–Kier alpha value is -7.22. The van der Waals surface area contributed by atoms with Gasteiger partial charge in [0, 0.05) is 22.2 Å². The van der Waals surface area contributed by atoms with Crippen LogP contribution >= 0.6 is 0 Å². The van der Waals surface area contributed by atoms with Crippen molar-refractivity contribution in [2.45, 2.75) is 36.5 Å². The number of nitrogens with zero attached hydrogens (tertiary/aromatic N) is 1. The van der Waals surface area contributed by atoms with Crippen LogP contribution in [0.1, 0.15) is 59.1 Å². The molecule has 65 heavy (non-hydrogen) atoms. The SMILES string of the molecule is c1ccc(-c2cccc(N(c3ccc4c(c3)C3(c5ccccc5-4)C4CC5CC(C4)C3C5)c3cccc4c3C(c3ccccc3)(c3ccccc3)c3ccccc3-4)c2-c2ccccc2)cc1. The summed E-state index contributed by atoms with van der Waals surface area (Å²) in [5.74, 6) is 3.07. The van der Waals surface area contributed by atoms with Crippen LogP contribution in [0.3, 0.4) is 0 Å². The summed E-state index contributed by atoms with van der Waals surface area (Å²) in [4.78, 5) is 2.68. The summed E-state index contributed by atoms with van der Waals surface area (Å²) in [6.45, 7) is 0. The molecule has 0 amide bonds. The van der Waals surface area contributed by atoms with Crippen molar-refractivity contribution in [2.24, 2.45) is 23.7 Å². The van der Waals surface area contributed by atoms with Gasteiger partial charge in [0.25, 0.3) is 0 Å². The summed E-state index contributed by atoms with van der Waals surface area (Å²) in [6, 6.07) is 85.2. The van der Waals surface area contributed by atoms with E-state index in [9.17, 15) is 0 Å². The van der Waals surface area contributed by atoms with Crippen LogP contribution in [0.5, 0.6) is 0 Å². The molecule has 5 atom stereocenters. The van der Waals surface area contributed by atoms with Gasteiger partial charge >= 0.3 is 0 Å². The summed E-state index contributed by atoms with van der Waals surface area (Å²) in [6.07, 6.45) is 5.49. The molecule has 1 nitrogen and oxygen atoms in total. The van der Waals surface area contributed by atoms with Crippen molar-refractivity contribution in [2.75, 3.05) is 4.90 Å². The van der Waals surface area contributed by atoms with E-state index in [1.807, 2.05) is 0 Å². The van der Waals surface area contributed by atoms with E-state index in [1.165, 1.54) is 110 Å². The molecule has 6 aliphatic carbocycles. The van der Waals surface area contributed by atoms with Crippen molar-refractivity contribution in [3.8, 4) is 44.5 Å². The van der Waals surface area contributed by atoms with Crippen LogP contribution in [0, 0.1) is 23.7 Å². The van der Waals surface area contributed by atoms with E-state index in [0.717, 1.165) is 11.8 Å². The summed E-state index contributed by atoms with van der Waals surface area (Å²) in [7, 11) is 0. The molecular weight excluding hydrogens is 783 g/mol. The highest BCUT2D eigenvalue weighted by Crippen LogP contribution is 2.73. The van der Waals surface area contributed by atoms with Crippen molar-refractivity contribution in [3.63, 3.8) is 0 Å². The summed E-state index contributed by atoms with van der Waals surface area (Å²) in [5, 5.41) is 0. The number of anilines is 3. The van der Waals surface area contributed by atoms with E-state index in [1.54, 1.807) is 11.1 Å². The van der Waals surface area contributed by atoms with Crippen LogP contribution in [-0.2, 0) is 10.8 Å². The Balaban J connectivity index is 1.11. The summed E-state index contributed by atoms with van der Waals surface area (Å²) >= 11 is 0. The van der Waals surface area contributed by atoms with E-state index in [2.05, 4.69) is 229 Å². The first-order valence-electron chi connectivity index (χ1n) is 23.9. The molecule has 310 valence electrons. The molecule has 15 rings (SSSR count). The normalized spacial score (nSPS) is 22.1. The van der Waals surface area contributed by atoms with Crippen LogP contribution in [0.25, 0.3) is 44.5 Å². The highest BCUT2D eigenvalue weighted by Gasteiger charge is 2.66. The molecule has 1 heteroatoms. The van der Waals surface area contributed by atoms with Gasteiger partial charge in [-0.15, -0.1) is 0 Å². The van der Waals surface area contributed by atoms with Crippen molar-refractivity contribution < 1.29 is 0 Å². The minimum absolute atomic E-state index is 0.0477. The van der Waals surface area contributed by atoms with Gasteiger partial charge in [-0.25, -0.2) is 0 Å². The maximum absolute atomic E-state index is 2.68. The molecule has 0 radical (unpaired) electrons. The quantitative estimate of drug-likeness (QED) is 0.155. The van der Waals surface area contributed by atoms with Gasteiger partial charge in [-0.1, -0.05) is 200 Å². The number of benzene rings is 9. The van der Waals surface area contributed by atoms with Crippen LogP contribution in [0.4, 0.5) is 17.1 Å². The zero-order chi connectivity index (χ0) is 42.7. The molecule has 5 unspecified atom stereocenters. The standard InChI is InChI=1S/C64H49N/c1-5-19-43(20-6-1)50-29-17-33-59(61(50)44-21-7-2-8-22-44)65(49-35-36-53-51-27-13-16-32-56(51)64(58(53)41-49)48-38-42-37-45(40-48)57(64)39-42)60-34-18-30-54-52-28-14-15-31-55(52)63(62(54)60,46-23-9-3-10-24-46)47-25-11-4-12-26-47/h1-36,41-42,45,48,57H,37-40H2. The number of rotatable bonds is 7. The van der Waals surface area contributed by atoms with Gasteiger partial charge in [0.15, 0.2) is 0 Å². The Bertz CT molecular complexity index is 3250. The van der Waals surface area contributed by atoms with Gasteiger partial charge in [0.1, 0.15) is 0 Å². The van der Waals surface area contributed by atoms with E-state index >= 15 is 0 Å². The van der Waals surface area contributed by atoms with Gasteiger partial charge in [0.05, 0.1) is 16.8 Å². The second-order valence-corrected chi connectivity index (χ2v) is 19.5. The molecule has 6 aliphatic rings. The number of hydrogen-bond acceptors (Lipinski definition) is 1. The molecule has 9 aromatic carbocycles. The molecule has 4 saturated carbocycles. The maximum atomic E-state index is 2.68. The summed E-state index contributed by atoms with van der Waals surface area (Å²) in [5.41, 5.74) is 21.7. The Kier molecular flexibility index (Phi) is 8.09. The van der Waals surface area contributed by atoms with Crippen molar-refractivity contribution in [3.05, 3.63) is 258 Å². The van der Waals surface area contributed by atoms with Crippen molar-refractivity contribution in [1.29, 1.82) is 0 Å². The lowest BCUT2D eigenvalue weighted by molar-refractivity contribution is 0.191. The Morgan fingerprint density at radius 2 is 0.938 bits per heavy atom. The minimum Gasteiger partial charge on any atom is -0.309 e. The topological polar surface area (TPSA) is 3.24 Å². The third-order valence-electron chi connectivity index (χ3n) is 16.7. The lowest BCUT2D eigenvalue weighted by Crippen LogP contribution is -2.40. The van der Waals surface area contributed by atoms with Crippen LogP contribution in [-0.4, -0.2) is 0 Å². The fourth-order valence-electron chi connectivity index (χ4n) is 14.7. The summed E-state index contributed by atoms with van der Waals surface area (Å²) < 4.78 is 0. The first-order valence-corrected chi connectivity index (χ1v) is 23.9. The number of fused-ring (bicyclic) bond motifs is 6. The lowest BCUT2D eigenvalue weighted by Gasteiger charge is -2.44. The molecular formula is C64H49N. The van der Waals surface area contributed by atoms with E-state index in [0.29, 0.717) is 11.8 Å². The lowest BCUT2D eigenvalue weighted by atomic mass is 9.59. The van der Waals surface area contributed by atoms with Crippen LogP contribution in [0.2, 0.25) is 0 Å². The number of hydrogen-bond donors (Lipinski definition) is 0. The molecule has 9 aromatic rings. The van der Waals surface area contributed by atoms with E-state index in [4.69, 9.17) is 0 Å². The average molecular weight is 832 g/mol. The smallest absolute Gasteiger partial charge is 0.0734 e. The molecule has 0 aliphatic heterocycles. The van der Waals surface area contributed by atoms with Crippen LogP contribution < -0.4 is 4.90 Å². The molecule has 0 heterocycles. The third kappa shape index (κ3) is 5.04. The minimum atomic E-state index is -0.592. The first-order chi connectivity index (χ1) is 32.2. The molecule has 4 bridgehead atoms. The third-order valence-corrected chi connectivity index (χ3v) is 16.7. The zero-order valence-corrected chi connectivity index (χ0v) is 36.4. The van der Waals surface area contributed by atoms with Crippen molar-refractivity contribution in [1.82, 2.24) is 0 Å². The van der Waals surface area contributed by atoms with Gasteiger partial charge in [0.2, 0.25) is 0 Å². The van der Waals surface area contributed by atoms with Gasteiger partial charge in [-0.05, 0) is 140 Å². The average Bonchev–Trinajstić information content (AvgIpc) is 4.03. The van der Waals surface area contributed by atoms with E-state index < -0.39 is 5.41 Å². The predicted octanol–water partition coefficient (Wildman–Crippen LogP) is 16.2. The molecule has 4 fully saturated rings.